The van der Waals surface area contributed by atoms with Crippen molar-refractivity contribution in [3.8, 4) is 33.4 Å². The molecule has 0 amide bonds. The maximum atomic E-state index is 6.90. The lowest BCUT2D eigenvalue weighted by Crippen LogP contribution is -2.14. The van der Waals surface area contributed by atoms with Crippen LogP contribution in [0.3, 0.4) is 0 Å². The lowest BCUT2D eigenvalue weighted by Gasteiger charge is -2.26. The van der Waals surface area contributed by atoms with E-state index in [1.807, 2.05) is 0 Å². The van der Waals surface area contributed by atoms with E-state index >= 15 is 0 Å². The SMILES string of the molecule is CC1(C)c2ccccc2-c2c1ccc1oc3c(N(c4cccc(-c5ccccc5)c4)c4cccc(-c5ccccc5)c4)cccc3c21. The van der Waals surface area contributed by atoms with Crippen LogP contribution >= 0.6 is 0 Å². The van der Waals surface area contributed by atoms with Crippen LogP contribution in [0.15, 0.2) is 168 Å². The van der Waals surface area contributed by atoms with Crippen molar-refractivity contribution >= 4 is 39.0 Å². The van der Waals surface area contributed by atoms with Crippen LogP contribution in [0.2, 0.25) is 0 Å². The topological polar surface area (TPSA) is 16.4 Å². The molecule has 0 atom stereocenters. The lowest BCUT2D eigenvalue weighted by molar-refractivity contribution is 0.656. The maximum absolute atomic E-state index is 6.90. The molecule has 0 bridgehead atoms. The van der Waals surface area contributed by atoms with Crippen molar-refractivity contribution in [1.29, 1.82) is 0 Å². The van der Waals surface area contributed by atoms with Crippen molar-refractivity contribution in [2.45, 2.75) is 19.3 Å². The van der Waals surface area contributed by atoms with E-state index in [4.69, 9.17) is 4.42 Å². The molecule has 0 saturated carbocycles. The highest BCUT2D eigenvalue weighted by Gasteiger charge is 2.37. The molecule has 1 aliphatic rings. The molecule has 0 fully saturated rings. The van der Waals surface area contributed by atoms with Crippen LogP contribution < -0.4 is 4.90 Å². The zero-order valence-electron chi connectivity index (χ0n) is 26.4. The molecule has 1 heterocycles. The van der Waals surface area contributed by atoms with Gasteiger partial charge in [-0.1, -0.05) is 141 Å². The largest absolute Gasteiger partial charge is 0.454 e. The van der Waals surface area contributed by atoms with Crippen molar-refractivity contribution in [3.63, 3.8) is 0 Å². The van der Waals surface area contributed by atoms with E-state index in [1.54, 1.807) is 0 Å². The Balaban J connectivity index is 1.31. The summed E-state index contributed by atoms with van der Waals surface area (Å²) in [5.41, 5.74) is 14.9. The fourth-order valence-corrected chi connectivity index (χ4v) is 7.58. The van der Waals surface area contributed by atoms with E-state index in [9.17, 15) is 0 Å². The van der Waals surface area contributed by atoms with E-state index in [0.29, 0.717) is 0 Å². The molecule has 0 spiro atoms. The van der Waals surface area contributed by atoms with Gasteiger partial charge < -0.3 is 9.32 Å². The Labute approximate surface area is 275 Å². The number of anilines is 3. The summed E-state index contributed by atoms with van der Waals surface area (Å²) in [7, 11) is 0. The average molecular weight is 604 g/mol. The van der Waals surface area contributed by atoms with E-state index in [2.05, 4.69) is 183 Å². The third kappa shape index (κ3) is 4.33. The molecule has 0 unspecified atom stereocenters. The van der Waals surface area contributed by atoms with Gasteiger partial charge in [-0.25, -0.2) is 0 Å². The molecule has 0 saturated heterocycles. The summed E-state index contributed by atoms with van der Waals surface area (Å²) in [4.78, 5) is 2.35. The number of furan rings is 1. The van der Waals surface area contributed by atoms with Crippen molar-refractivity contribution in [3.05, 3.63) is 175 Å². The van der Waals surface area contributed by atoms with Crippen LogP contribution in [0.5, 0.6) is 0 Å². The smallest absolute Gasteiger partial charge is 0.159 e. The van der Waals surface area contributed by atoms with Gasteiger partial charge in [0.05, 0.1) is 5.69 Å². The van der Waals surface area contributed by atoms with Gasteiger partial charge in [-0.3, -0.25) is 0 Å². The van der Waals surface area contributed by atoms with Gasteiger partial charge in [-0.05, 0) is 80.9 Å². The molecule has 7 aromatic carbocycles. The predicted molar refractivity (Wildman–Crippen MR) is 197 cm³/mol. The van der Waals surface area contributed by atoms with Crippen LogP contribution in [-0.4, -0.2) is 0 Å². The van der Waals surface area contributed by atoms with Crippen LogP contribution in [0.4, 0.5) is 17.1 Å². The first-order chi connectivity index (χ1) is 23.1. The highest BCUT2D eigenvalue weighted by atomic mass is 16.3. The number of fused-ring (bicyclic) bond motifs is 7. The lowest BCUT2D eigenvalue weighted by atomic mass is 9.82. The van der Waals surface area contributed by atoms with Gasteiger partial charge in [0.1, 0.15) is 5.58 Å². The Morgan fingerprint density at radius 3 is 1.72 bits per heavy atom. The number of nitrogens with zero attached hydrogens (tertiary/aromatic N) is 1. The molecule has 0 N–H and O–H groups in total. The Kier molecular flexibility index (Phi) is 6.20. The Hall–Kier alpha value is -5.86. The van der Waals surface area contributed by atoms with Crippen molar-refractivity contribution in [2.24, 2.45) is 0 Å². The molecular formula is C45H33NO. The van der Waals surface area contributed by atoms with Gasteiger partial charge >= 0.3 is 0 Å². The van der Waals surface area contributed by atoms with Gasteiger partial charge in [0.15, 0.2) is 5.58 Å². The molecule has 2 nitrogen and oxygen atoms in total. The van der Waals surface area contributed by atoms with Gasteiger partial charge in [-0.15, -0.1) is 0 Å². The zero-order valence-corrected chi connectivity index (χ0v) is 26.4. The fourth-order valence-electron chi connectivity index (χ4n) is 7.58. The third-order valence-electron chi connectivity index (χ3n) is 9.85. The Morgan fingerprint density at radius 2 is 1.06 bits per heavy atom. The summed E-state index contributed by atoms with van der Waals surface area (Å²) in [5, 5.41) is 2.32. The molecule has 1 aromatic heterocycles. The first kappa shape index (κ1) is 27.5. The molecule has 9 rings (SSSR count). The molecular weight excluding hydrogens is 571 g/mol. The van der Waals surface area contributed by atoms with Crippen LogP contribution in [0.1, 0.15) is 25.0 Å². The minimum absolute atomic E-state index is 0.0802. The second kappa shape index (κ2) is 10.6. The number of hydrogen-bond acceptors (Lipinski definition) is 2. The molecule has 1 aliphatic carbocycles. The van der Waals surface area contributed by atoms with Gasteiger partial charge in [0, 0.05) is 27.6 Å². The standard InChI is InChI=1S/C45H33NO/c1-45(2)38-24-10-9-22-36(38)42-39(45)26-27-41-43(42)37-23-13-25-40(44(37)47-41)46(34-20-11-18-32(28-34)30-14-5-3-6-15-30)35-21-12-19-33(29-35)31-16-7-4-8-17-31/h3-29H,1-2H3. The Bertz CT molecular complexity index is 2350. The predicted octanol–water partition coefficient (Wildman–Crippen LogP) is 12.7. The number of benzene rings is 7. The summed E-state index contributed by atoms with van der Waals surface area (Å²) in [6, 6.07) is 58.6. The normalized spacial score (nSPS) is 13.1. The highest BCUT2D eigenvalue weighted by molar-refractivity contribution is 6.17. The highest BCUT2D eigenvalue weighted by Crippen LogP contribution is 2.54. The molecule has 47 heavy (non-hydrogen) atoms. The summed E-state index contributed by atoms with van der Waals surface area (Å²) in [6.07, 6.45) is 0. The van der Waals surface area contributed by atoms with Gasteiger partial charge in [-0.2, -0.15) is 0 Å². The average Bonchev–Trinajstić information content (AvgIpc) is 3.62. The quantitative estimate of drug-likeness (QED) is 0.195. The second-order valence-corrected chi connectivity index (χ2v) is 13.0. The first-order valence-corrected chi connectivity index (χ1v) is 16.3. The number of para-hydroxylation sites is 1. The van der Waals surface area contributed by atoms with Gasteiger partial charge in [0.2, 0.25) is 0 Å². The molecule has 2 heteroatoms. The molecule has 8 aromatic rings. The van der Waals surface area contributed by atoms with E-state index < -0.39 is 0 Å². The maximum Gasteiger partial charge on any atom is 0.159 e. The number of rotatable bonds is 5. The second-order valence-electron chi connectivity index (χ2n) is 13.0. The van der Waals surface area contributed by atoms with Gasteiger partial charge in [0.25, 0.3) is 0 Å². The van der Waals surface area contributed by atoms with Crippen molar-refractivity contribution in [2.75, 3.05) is 4.90 Å². The van der Waals surface area contributed by atoms with Crippen molar-refractivity contribution < 1.29 is 4.42 Å². The first-order valence-electron chi connectivity index (χ1n) is 16.3. The third-order valence-corrected chi connectivity index (χ3v) is 9.85. The summed E-state index contributed by atoms with van der Waals surface area (Å²) in [6.45, 7) is 4.66. The van der Waals surface area contributed by atoms with E-state index in [-0.39, 0.29) is 5.41 Å². The minimum atomic E-state index is -0.0802. The minimum Gasteiger partial charge on any atom is -0.454 e. The Morgan fingerprint density at radius 1 is 0.489 bits per heavy atom. The summed E-state index contributed by atoms with van der Waals surface area (Å²) < 4.78 is 6.90. The van der Waals surface area contributed by atoms with Crippen molar-refractivity contribution in [1.82, 2.24) is 0 Å². The summed E-state index contributed by atoms with van der Waals surface area (Å²) in [5.74, 6) is 0. The van der Waals surface area contributed by atoms with E-state index in [1.165, 1.54) is 49.9 Å². The molecule has 0 aliphatic heterocycles. The van der Waals surface area contributed by atoms with Crippen LogP contribution in [0, 0.1) is 0 Å². The zero-order chi connectivity index (χ0) is 31.5. The van der Waals surface area contributed by atoms with Crippen LogP contribution in [-0.2, 0) is 5.41 Å². The van der Waals surface area contributed by atoms with E-state index in [0.717, 1.165) is 33.6 Å². The summed E-state index contributed by atoms with van der Waals surface area (Å²) >= 11 is 0. The fraction of sp³-hybridized carbons (Fsp3) is 0.0667. The molecule has 224 valence electrons. The van der Waals surface area contributed by atoms with Crippen LogP contribution in [0.25, 0.3) is 55.3 Å². The number of hydrogen-bond donors (Lipinski definition) is 0. The monoisotopic (exact) mass is 603 g/mol. The molecule has 0 radical (unpaired) electrons.